The number of benzene rings is 2. The summed E-state index contributed by atoms with van der Waals surface area (Å²) in [7, 11) is -3.58. The van der Waals surface area contributed by atoms with Crippen LogP contribution in [0.4, 0.5) is 5.69 Å². The van der Waals surface area contributed by atoms with Crippen molar-refractivity contribution >= 4 is 27.3 Å². The van der Waals surface area contributed by atoms with Crippen molar-refractivity contribution in [2.75, 3.05) is 5.73 Å². The van der Waals surface area contributed by atoms with Gasteiger partial charge in [-0.2, -0.15) is 0 Å². The molecule has 0 spiro atoms. The fourth-order valence-electron chi connectivity index (χ4n) is 2.65. The van der Waals surface area contributed by atoms with E-state index in [0.717, 1.165) is 24.0 Å². The van der Waals surface area contributed by atoms with Crippen LogP contribution < -0.4 is 10.5 Å². The molecule has 0 amide bonds. The predicted octanol–water partition coefficient (Wildman–Crippen LogP) is 2.89. The third-order valence-corrected chi connectivity index (χ3v) is 5.35. The van der Waals surface area contributed by atoms with Gasteiger partial charge in [-0.25, -0.2) is 13.1 Å². The van der Waals surface area contributed by atoms with Crippen LogP contribution in [0.15, 0.2) is 47.4 Å². The lowest BCUT2D eigenvalue weighted by Gasteiger charge is -2.15. The van der Waals surface area contributed by atoms with Crippen LogP contribution in [0.25, 0.3) is 0 Å². The number of nitrogen functional groups attached to an aromatic ring is 1. The minimum Gasteiger partial charge on any atom is -0.399 e. The van der Waals surface area contributed by atoms with E-state index in [1.54, 1.807) is 18.2 Å². The van der Waals surface area contributed by atoms with Gasteiger partial charge in [0.25, 0.3) is 0 Å². The number of fused-ring (bicyclic) bond motifs is 1. The van der Waals surface area contributed by atoms with Crippen LogP contribution >= 0.6 is 11.6 Å². The Morgan fingerprint density at radius 3 is 2.76 bits per heavy atom. The molecule has 3 rings (SSSR count). The molecule has 1 aliphatic carbocycles. The van der Waals surface area contributed by atoms with Crippen LogP contribution in [0.5, 0.6) is 0 Å². The molecule has 0 aromatic heterocycles. The van der Waals surface area contributed by atoms with Crippen LogP contribution in [0.2, 0.25) is 5.02 Å². The molecule has 1 aliphatic rings. The van der Waals surface area contributed by atoms with Gasteiger partial charge in [-0.05, 0) is 54.3 Å². The van der Waals surface area contributed by atoms with Crippen LogP contribution in [0, 0.1) is 0 Å². The zero-order valence-corrected chi connectivity index (χ0v) is 12.8. The quantitative estimate of drug-likeness (QED) is 0.853. The van der Waals surface area contributed by atoms with Gasteiger partial charge in [0.15, 0.2) is 0 Å². The third-order valence-electron chi connectivity index (χ3n) is 3.65. The number of anilines is 1. The van der Waals surface area contributed by atoms with Crippen molar-refractivity contribution in [3.63, 3.8) is 0 Å². The molecule has 3 N–H and O–H groups in total. The molecular formula is C15H15ClN2O2S. The minimum atomic E-state index is -3.58. The molecular weight excluding hydrogens is 308 g/mol. The lowest BCUT2D eigenvalue weighted by molar-refractivity contribution is 0.554. The molecule has 2 aromatic carbocycles. The van der Waals surface area contributed by atoms with Gasteiger partial charge in [0.05, 0.1) is 4.90 Å². The number of halogens is 1. The molecule has 0 saturated carbocycles. The summed E-state index contributed by atoms with van der Waals surface area (Å²) < 4.78 is 27.6. The normalized spacial score (nSPS) is 17.7. The SMILES string of the molecule is Nc1ccc2c(c1)CCC2NS(=O)(=O)c1cccc(Cl)c1. The molecule has 0 fully saturated rings. The number of hydrogen-bond acceptors (Lipinski definition) is 3. The molecule has 0 bridgehead atoms. The molecule has 4 nitrogen and oxygen atoms in total. The molecule has 0 saturated heterocycles. The number of sulfonamides is 1. The topological polar surface area (TPSA) is 72.2 Å². The number of hydrogen-bond donors (Lipinski definition) is 2. The van der Waals surface area contributed by atoms with Crippen LogP contribution in [-0.2, 0) is 16.4 Å². The maximum Gasteiger partial charge on any atom is 0.241 e. The Labute approximate surface area is 129 Å². The second-order valence-electron chi connectivity index (χ2n) is 5.13. The maximum atomic E-state index is 12.4. The van der Waals surface area contributed by atoms with Gasteiger partial charge in [0, 0.05) is 16.8 Å². The monoisotopic (exact) mass is 322 g/mol. The van der Waals surface area contributed by atoms with Crippen molar-refractivity contribution in [3.05, 3.63) is 58.6 Å². The highest BCUT2D eigenvalue weighted by molar-refractivity contribution is 7.89. The average molecular weight is 323 g/mol. The minimum absolute atomic E-state index is 0.180. The summed E-state index contributed by atoms with van der Waals surface area (Å²) >= 11 is 5.86. The van der Waals surface area contributed by atoms with Gasteiger partial charge in [-0.15, -0.1) is 0 Å². The van der Waals surface area contributed by atoms with Gasteiger partial charge >= 0.3 is 0 Å². The molecule has 0 aliphatic heterocycles. The van der Waals surface area contributed by atoms with E-state index >= 15 is 0 Å². The van der Waals surface area contributed by atoms with Crippen molar-refractivity contribution < 1.29 is 8.42 Å². The number of nitrogens with one attached hydrogen (secondary N) is 1. The maximum absolute atomic E-state index is 12.4. The van der Waals surface area contributed by atoms with E-state index in [-0.39, 0.29) is 10.9 Å². The van der Waals surface area contributed by atoms with Crippen molar-refractivity contribution in [3.8, 4) is 0 Å². The van der Waals surface area contributed by atoms with E-state index in [9.17, 15) is 8.42 Å². The first-order chi connectivity index (χ1) is 9.95. The highest BCUT2D eigenvalue weighted by atomic mass is 35.5. The van der Waals surface area contributed by atoms with Crippen molar-refractivity contribution in [1.29, 1.82) is 0 Å². The largest absolute Gasteiger partial charge is 0.399 e. The first kappa shape index (κ1) is 14.4. The van der Waals surface area contributed by atoms with Gasteiger partial charge in [0.2, 0.25) is 10.0 Å². The lowest BCUT2D eigenvalue weighted by Crippen LogP contribution is -2.27. The Balaban J connectivity index is 1.88. The summed E-state index contributed by atoms with van der Waals surface area (Å²) in [6.07, 6.45) is 1.56. The highest BCUT2D eigenvalue weighted by Gasteiger charge is 2.27. The summed E-state index contributed by atoms with van der Waals surface area (Å²) in [6, 6.07) is 11.6. The molecule has 1 unspecified atom stereocenters. The summed E-state index contributed by atoms with van der Waals surface area (Å²) in [5.41, 5.74) is 8.56. The first-order valence-corrected chi connectivity index (χ1v) is 8.48. The first-order valence-electron chi connectivity index (χ1n) is 6.62. The van der Waals surface area contributed by atoms with E-state index in [4.69, 9.17) is 17.3 Å². The zero-order chi connectivity index (χ0) is 15.0. The molecule has 2 aromatic rings. The third kappa shape index (κ3) is 2.90. The van der Waals surface area contributed by atoms with Crippen molar-refractivity contribution in [1.82, 2.24) is 4.72 Å². The molecule has 0 radical (unpaired) electrons. The predicted molar refractivity (Wildman–Crippen MR) is 83.7 cm³/mol. The average Bonchev–Trinajstić information content (AvgIpc) is 2.80. The number of nitrogens with two attached hydrogens (primary N) is 1. The fraction of sp³-hybridized carbons (Fsp3) is 0.200. The molecule has 0 heterocycles. The molecule has 21 heavy (non-hydrogen) atoms. The number of aryl methyl sites for hydroxylation is 1. The second-order valence-corrected chi connectivity index (χ2v) is 7.28. The van der Waals surface area contributed by atoms with Gasteiger partial charge in [0.1, 0.15) is 0 Å². The Kier molecular flexibility index (Phi) is 3.65. The summed E-state index contributed by atoms with van der Waals surface area (Å²) in [6.45, 7) is 0. The Hall–Kier alpha value is -1.56. The number of rotatable bonds is 3. The zero-order valence-electron chi connectivity index (χ0n) is 11.2. The van der Waals surface area contributed by atoms with E-state index in [1.165, 1.54) is 12.1 Å². The van der Waals surface area contributed by atoms with Crippen LogP contribution in [0.3, 0.4) is 0 Å². The second kappa shape index (κ2) is 5.33. The van der Waals surface area contributed by atoms with Gasteiger partial charge in [-0.1, -0.05) is 23.7 Å². The van der Waals surface area contributed by atoms with Gasteiger partial charge < -0.3 is 5.73 Å². The Morgan fingerprint density at radius 2 is 2.00 bits per heavy atom. The molecule has 1 atom stereocenters. The summed E-state index contributed by atoms with van der Waals surface area (Å²) in [5.74, 6) is 0. The highest BCUT2D eigenvalue weighted by Crippen LogP contribution is 2.33. The van der Waals surface area contributed by atoms with E-state index in [0.29, 0.717) is 10.7 Å². The smallest absolute Gasteiger partial charge is 0.241 e. The lowest BCUT2D eigenvalue weighted by atomic mass is 10.1. The fourth-order valence-corrected chi connectivity index (χ4v) is 4.20. The van der Waals surface area contributed by atoms with E-state index < -0.39 is 10.0 Å². The Bertz CT molecular complexity index is 790. The van der Waals surface area contributed by atoms with Crippen molar-refractivity contribution in [2.24, 2.45) is 0 Å². The van der Waals surface area contributed by atoms with Gasteiger partial charge in [-0.3, -0.25) is 0 Å². The summed E-state index contributed by atoms with van der Waals surface area (Å²) in [4.78, 5) is 0.180. The van der Waals surface area contributed by atoms with Crippen molar-refractivity contribution in [2.45, 2.75) is 23.8 Å². The standard InChI is InChI=1S/C15H15ClN2O2S/c16-11-2-1-3-13(9-11)21(19,20)18-15-7-4-10-8-12(17)5-6-14(10)15/h1-3,5-6,8-9,15,18H,4,7,17H2. The molecule has 6 heteroatoms. The van der Waals surface area contributed by atoms with Crippen LogP contribution in [0.1, 0.15) is 23.6 Å². The molecule has 110 valence electrons. The van der Waals surface area contributed by atoms with E-state index in [2.05, 4.69) is 4.72 Å². The van der Waals surface area contributed by atoms with Crippen LogP contribution in [-0.4, -0.2) is 8.42 Å². The summed E-state index contributed by atoms with van der Waals surface area (Å²) in [5, 5.41) is 0.400. The Morgan fingerprint density at radius 1 is 1.19 bits per heavy atom. The van der Waals surface area contributed by atoms with E-state index in [1.807, 2.05) is 12.1 Å².